The Labute approximate surface area is 95.4 Å². The predicted octanol–water partition coefficient (Wildman–Crippen LogP) is 2.40. The van der Waals surface area contributed by atoms with E-state index in [0.717, 1.165) is 18.4 Å². The molecule has 0 bridgehead atoms. The van der Waals surface area contributed by atoms with Crippen LogP contribution in [0, 0.1) is 0 Å². The maximum Gasteiger partial charge on any atom is 0.308 e. The molecular weight excluding hydrogens is 204 g/mol. The number of aliphatic hydroxyl groups excluding tert-OH is 1. The molecule has 1 N–H and O–H groups in total. The van der Waals surface area contributed by atoms with Gasteiger partial charge in [-0.3, -0.25) is 4.79 Å². The number of aliphatic hydroxyl groups is 1. The molecule has 0 atom stereocenters. The van der Waals surface area contributed by atoms with Crippen LogP contribution >= 0.6 is 0 Å². The Morgan fingerprint density at radius 2 is 2.06 bits per heavy atom. The fourth-order valence-electron chi connectivity index (χ4n) is 1.24. The number of benzene rings is 1. The van der Waals surface area contributed by atoms with Crippen molar-refractivity contribution in [3.63, 3.8) is 0 Å². The highest BCUT2D eigenvalue weighted by molar-refractivity contribution is 5.69. The van der Waals surface area contributed by atoms with Gasteiger partial charge in [-0.2, -0.15) is 0 Å². The molecule has 86 valence electrons. The molecule has 0 fully saturated rings. The molecule has 1 rings (SSSR count). The van der Waals surface area contributed by atoms with Crippen LogP contribution in [0.1, 0.15) is 25.3 Å². The third-order valence-corrected chi connectivity index (χ3v) is 1.98. The zero-order chi connectivity index (χ0) is 11.8. The molecule has 0 aliphatic rings. The number of ether oxygens (including phenoxy) is 1. The maximum absolute atomic E-state index is 10.7. The second kappa shape index (κ2) is 6.80. The van der Waals surface area contributed by atoms with E-state index in [4.69, 9.17) is 9.84 Å². The maximum atomic E-state index is 10.7. The van der Waals surface area contributed by atoms with Crippen molar-refractivity contribution in [2.45, 2.75) is 19.8 Å². The zero-order valence-corrected chi connectivity index (χ0v) is 9.35. The van der Waals surface area contributed by atoms with Crippen LogP contribution in [-0.2, 0) is 4.79 Å². The van der Waals surface area contributed by atoms with Crippen molar-refractivity contribution in [1.82, 2.24) is 0 Å². The Hall–Kier alpha value is -1.61. The van der Waals surface area contributed by atoms with Gasteiger partial charge in [0.25, 0.3) is 0 Å². The van der Waals surface area contributed by atoms with Gasteiger partial charge in [-0.25, -0.2) is 0 Å². The molecule has 3 heteroatoms. The van der Waals surface area contributed by atoms with Gasteiger partial charge in [0.1, 0.15) is 5.75 Å². The lowest BCUT2D eigenvalue weighted by atomic mass is 10.2. The molecule has 0 saturated heterocycles. The second-order valence-electron chi connectivity index (χ2n) is 3.43. The number of esters is 1. The Balaban J connectivity index is 2.50. The van der Waals surface area contributed by atoms with E-state index in [0.29, 0.717) is 5.75 Å². The molecule has 0 amide bonds. The third-order valence-electron chi connectivity index (χ3n) is 1.98. The van der Waals surface area contributed by atoms with Crippen LogP contribution in [0.3, 0.4) is 0 Å². The van der Waals surface area contributed by atoms with E-state index in [2.05, 4.69) is 0 Å². The normalized spacial score (nSPS) is 10.6. The summed E-state index contributed by atoms with van der Waals surface area (Å²) >= 11 is 0. The Morgan fingerprint density at radius 1 is 1.38 bits per heavy atom. The molecule has 0 unspecified atom stereocenters. The predicted molar refractivity (Wildman–Crippen MR) is 63.1 cm³/mol. The number of hydrogen-bond donors (Lipinski definition) is 1. The van der Waals surface area contributed by atoms with E-state index >= 15 is 0 Å². The van der Waals surface area contributed by atoms with Crippen LogP contribution in [0.2, 0.25) is 0 Å². The van der Waals surface area contributed by atoms with E-state index < -0.39 is 0 Å². The molecule has 0 spiro atoms. The molecule has 1 aromatic rings. The van der Waals surface area contributed by atoms with Crippen LogP contribution in [0.15, 0.2) is 30.3 Å². The lowest BCUT2D eigenvalue weighted by Crippen LogP contribution is -2.00. The van der Waals surface area contributed by atoms with Crippen LogP contribution in [0.25, 0.3) is 6.08 Å². The molecule has 0 heterocycles. The van der Waals surface area contributed by atoms with Gasteiger partial charge in [-0.1, -0.05) is 24.3 Å². The first-order valence-electron chi connectivity index (χ1n) is 5.28. The quantitative estimate of drug-likeness (QED) is 0.471. The molecule has 0 aliphatic heterocycles. The minimum atomic E-state index is -0.314. The fourth-order valence-corrected chi connectivity index (χ4v) is 1.24. The minimum Gasteiger partial charge on any atom is -0.427 e. The topological polar surface area (TPSA) is 46.5 Å². The lowest BCUT2D eigenvalue weighted by molar-refractivity contribution is -0.131. The molecule has 1 aromatic carbocycles. The smallest absolute Gasteiger partial charge is 0.308 e. The van der Waals surface area contributed by atoms with E-state index in [1.807, 2.05) is 24.3 Å². The third kappa shape index (κ3) is 4.75. The number of hydrogen-bond acceptors (Lipinski definition) is 3. The summed E-state index contributed by atoms with van der Waals surface area (Å²) < 4.78 is 4.92. The summed E-state index contributed by atoms with van der Waals surface area (Å²) in [7, 11) is 0. The standard InChI is InChI=1S/C13H16O3/c1-11(15)16-13-8-6-12(7-9-13)5-3-2-4-10-14/h3,5-9,14H,2,4,10H2,1H3. The summed E-state index contributed by atoms with van der Waals surface area (Å²) in [5.74, 6) is 0.242. The Bertz CT molecular complexity index is 352. The molecule has 3 nitrogen and oxygen atoms in total. The van der Waals surface area contributed by atoms with Crippen LogP contribution in [0.5, 0.6) is 5.75 Å². The number of allylic oxidation sites excluding steroid dienone is 1. The summed E-state index contributed by atoms with van der Waals surface area (Å²) in [6.45, 7) is 1.60. The van der Waals surface area contributed by atoms with E-state index in [1.165, 1.54) is 6.92 Å². The van der Waals surface area contributed by atoms with Crippen LogP contribution in [0.4, 0.5) is 0 Å². The monoisotopic (exact) mass is 220 g/mol. The fraction of sp³-hybridized carbons (Fsp3) is 0.308. The highest BCUT2D eigenvalue weighted by atomic mass is 16.5. The van der Waals surface area contributed by atoms with Crippen LogP contribution in [-0.4, -0.2) is 17.7 Å². The van der Waals surface area contributed by atoms with Gasteiger partial charge in [0.15, 0.2) is 0 Å². The van der Waals surface area contributed by atoms with Gasteiger partial charge < -0.3 is 9.84 Å². The molecule has 0 saturated carbocycles. The zero-order valence-electron chi connectivity index (χ0n) is 9.35. The summed E-state index contributed by atoms with van der Waals surface area (Å²) in [5.41, 5.74) is 1.05. The van der Waals surface area contributed by atoms with Crippen molar-refractivity contribution in [3.8, 4) is 5.75 Å². The van der Waals surface area contributed by atoms with Gasteiger partial charge in [0.2, 0.25) is 0 Å². The molecule has 0 aromatic heterocycles. The summed E-state index contributed by atoms with van der Waals surface area (Å²) in [6.07, 6.45) is 5.63. The molecule has 0 aliphatic carbocycles. The largest absolute Gasteiger partial charge is 0.427 e. The first-order chi connectivity index (χ1) is 7.72. The average Bonchev–Trinajstić information content (AvgIpc) is 2.26. The van der Waals surface area contributed by atoms with Gasteiger partial charge in [-0.05, 0) is 30.5 Å². The van der Waals surface area contributed by atoms with E-state index in [9.17, 15) is 4.79 Å². The minimum absolute atomic E-state index is 0.218. The molecule has 0 radical (unpaired) electrons. The number of carbonyl (C=O) groups is 1. The first-order valence-corrected chi connectivity index (χ1v) is 5.28. The number of rotatable bonds is 5. The van der Waals surface area contributed by atoms with Gasteiger partial charge >= 0.3 is 5.97 Å². The SMILES string of the molecule is CC(=O)Oc1ccc(C=CCCCO)cc1. The summed E-state index contributed by atoms with van der Waals surface area (Å²) in [6, 6.07) is 7.28. The second-order valence-corrected chi connectivity index (χ2v) is 3.43. The number of carbonyl (C=O) groups excluding carboxylic acids is 1. The van der Waals surface area contributed by atoms with Crippen molar-refractivity contribution in [1.29, 1.82) is 0 Å². The van der Waals surface area contributed by atoms with E-state index in [-0.39, 0.29) is 12.6 Å². The highest BCUT2D eigenvalue weighted by Gasteiger charge is 1.96. The van der Waals surface area contributed by atoms with Crippen molar-refractivity contribution in [3.05, 3.63) is 35.9 Å². The summed E-state index contributed by atoms with van der Waals surface area (Å²) in [4.78, 5) is 10.7. The van der Waals surface area contributed by atoms with Gasteiger partial charge in [-0.15, -0.1) is 0 Å². The Morgan fingerprint density at radius 3 is 2.62 bits per heavy atom. The van der Waals surface area contributed by atoms with Crippen molar-refractivity contribution in [2.24, 2.45) is 0 Å². The first kappa shape index (κ1) is 12.5. The van der Waals surface area contributed by atoms with Gasteiger partial charge in [0, 0.05) is 13.5 Å². The number of unbranched alkanes of at least 4 members (excludes halogenated alkanes) is 1. The van der Waals surface area contributed by atoms with Crippen LogP contribution < -0.4 is 4.74 Å². The van der Waals surface area contributed by atoms with Crippen molar-refractivity contribution < 1.29 is 14.6 Å². The summed E-state index contributed by atoms with van der Waals surface area (Å²) in [5, 5.41) is 8.60. The average molecular weight is 220 g/mol. The Kier molecular flexibility index (Phi) is 5.29. The van der Waals surface area contributed by atoms with Crippen molar-refractivity contribution >= 4 is 12.0 Å². The van der Waals surface area contributed by atoms with Crippen molar-refractivity contribution in [2.75, 3.05) is 6.61 Å². The highest BCUT2D eigenvalue weighted by Crippen LogP contribution is 2.13. The molecule has 16 heavy (non-hydrogen) atoms. The lowest BCUT2D eigenvalue weighted by Gasteiger charge is -2.00. The van der Waals surface area contributed by atoms with E-state index in [1.54, 1.807) is 12.1 Å². The van der Waals surface area contributed by atoms with Gasteiger partial charge in [0.05, 0.1) is 0 Å². The molecular formula is C13H16O3.